The van der Waals surface area contributed by atoms with Crippen molar-refractivity contribution in [1.29, 1.82) is 0 Å². The molecule has 1 aromatic heterocycles. The van der Waals surface area contributed by atoms with Crippen LogP contribution in [0.15, 0.2) is 18.3 Å². The number of pyridine rings is 1. The van der Waals surface area contributed by atoms with Crippen LogP contribution in [0.4, 0.5) is 13.2 Å². The SMILES string of the molecule is CC1CC(NC(=O)c2ccc(C(F)(F)F)cn2)CCN1.Cl.Cl. The summed E-state index contributed by atoms with van der Waals surface area (Å²) in [5.41, 5.74) is -0.853. The Bertz CT molecular complexity index is 482. The molecule has 9 heteroatoms. The number of carbonyl (C=O) groups is 1. The third-order valence-electron chi connectivity index (χ3n) is 3.28. The van der Waals surface area contributed by atoms with E-state index in [-0.39, 0.29) is 36.5 Å². The summed E-state index contributed by atoms with van der Waals surface area (Å²) < 4.78 is 37.2. The average Bonchev–Trinajstić information content (AvgIpc) is 2.38. The highest BCUT2D eigenvalue weighted by atomic mass is 35.5. The minimum absolute atomic E-state index is 0. The number of rotatable bonds is 2. The molecule has 0 saturated carbocycles. The van der Waals surface area contributed by atoms with Crippen molar-refractivity contribution in [3.05, 3.63) is 29.6 Å². The summed E-state index contributed by atoms with van der Waals surface area (Å²) in [4.78, 5) is 15.5. The van der Waals surface area contributed by atoms with Crippen molar-refractivity contribution in [1.82, 2.24) is 15.6 Å². The van der Waals surface area contributed by atoms with E-state index in [1.165, 1.54) is 0 Å². The first-order valence-electron chi connectivity index (χ1n) is 6.44. The molecule has 126 valence electrons. The van der Waals surface area contributed by atoms with E-state index in [0.717, 1.165) is 31.5 Å². The molecule has 0 aromatic carbocycles. The van der Waals surface area contributed by atoms with E-state index in [1.807, 2.05) is 6.92 Å². The highest BCUT2D eigenvalue weighted by Gasteiger charge is 2.31. The summed E-state index contributed by atoms with van der Waals surface area (Å²) in [6, 6.07) is 2.31. The first kappa shape index (κ1) is 20.9. The molecular formula is C13H18Cl2F3N3O. The summed E-state index contributed by atoms with van der Waals surface area (Å²) in [6.45, 7) is 2.83. The molecule has 1 saturated heterocycles. The second-order valence-electron chi connectivity index (χ2n) is 4.98. The van der Waals surface area contributed by atoms with Gasteiger partial charge in [0.05, 0.1) is 5.56 Å². The minimum Gasteiger partial charge on any atom is -0.348 e. The average molecular weight is 360 g/mol. The quantitative estimate of drug-likeness (QED) is 0.853. The Kier molecular flexibility index (Phi) is 8.14. The Labute approximate surface area is 139 Å². The lowest BCUT2D eigenvalue weighted by molar-refractivity contribution is -0.137. The summed E-state index contributed by atoms with van der Waals surface area (Å²) in [5.74, 6) is -0.433. The van der Waals surface area contributed by atoms with Crippen molar-refractivity contribution in [2.24, 2.45) is 0 Å². The lowest BCUT2D eigenvalue weighted by Crippen LogP contribution is -2.46. The standard InChI is InChI=1S/C13H16F3N3O.2ClH/c1-8-6-10(4-5-17-8)19-12(20)11-3-2-9(7-18-11)13(14,15)16;;/h2-3,7-8,10,17H,4-6H2,1H3,(H,19,20);2*1H. The number of piperidine rings is 1. The van der Waals surface area contributed by atoms with Gasteiger partial charge in [0.1, 0.15) is 5.69 Å². The van der Waals surface area contributed by atoms with Crippen LogP contribution in [0.5, 0.6) is 0 Å². The molecule has 1 aliphatic rings. The van der Waals surface area contributed by atoms with E-state index in [4.69, 9.17) is 0 Å². The third-order valence-corrected chi connectivity index (χ3v) is 3.28. The molecule has 4 nitrogen and oxygen atoms in total. The predicted molar refractivity (Wildman–Crippen MR) is 81.7 cm³/mol. The van der Waals surface area contributed by atoms with Crippen LogP contribution in [0.25, 0.3) is 0 Å². The highest BCUT2D eigenvalue weighted by Crippen LogP contribution is 2.28. The number of nitrogens with one attached hydrogen (secondary N) is 2. The van der Waals surface area contributed by atoms with Crippen molar-refractivity contribution >= 4 is 30.7 Å². The molecule has 1 amide bonds. The Morgan fingerprint density at radius 3 is 2.55 bits per heavy atom. The number of hydrogen-bond donors (Lipinski definition) is 2. The maximum absolute atomic E-state index is 12.4. The highest BCUT2D eigenvalue weighted by molar-refractivity contribution is 5.92. The van der Waals surface area contributed by atoms with Gasteiger partial charge in [0.15, 0.2) is 0 Å². The number of nitrogens with zero attached hydrogens (tertiary/aromatic N) is 1. The predicted octanol–water partition coefficient (Wildman–Crippen LogP) is 2.81. The van der Waals surface area contributed by atoms with Crippen LogP contribution in [-0.2, 0) is 6.18 Å². The zero-order valence-electron chi connectivity index (χ0n) is 11.8. The Balaban J connectivity index is 0.00000220. The van der Waals surface area contributed by atoms with Crippen molar-refractivity contribution in [3.8, 4) is 0 Å². The monoisotopic (exact) mass is 359 g/mol. The van der Waals surface area contributed by atoms with Gasteiger partial charge in [0, 0.05) is 18.3 Å². The molecular weight excluding hydrogens is 342 g/mol. The van der Waals surface area contributed by atoms with Crippen LogP contribution in [0.1, 0.15) is 35.8 Å². The Morgan fingerprint density at radius 1 is 1.36 bits per heavy atom. The maximum Gasteiger partial charge on any atom is 0.417 e. The van der Waals surface area contributed by atoms with E-state index in [2.05, 4.69) is 15.6 Å². The second-order valence-corrected chi connectivity index (χ2v) is 4.98. The molecule has 1 aromatic rings. The zero-order valence-corrected chi connectivity index (χ0v) is 13.4. The molecule has 0 radical (unpaired) electrons. The maximum atomic E-state index is 12.4. The van der Waals surface area contributed by atoms with Crippen LogP contribution in [0, 0.1) is 0 Å². The van der Waals surface area contributed by atoms with Gasteiger partial charge in [-0.1, -0.05) is 0 Å². The molecule has 0 spiro atoms. The van der Waals surface area contributed by atoms with E-state index >= 15 is 0 Å². The number of hydrogen-bond acceptors (Lipinski definition) is 3. The molecule has 22 heavy (non-hydrogen) atoms. The Morgan fingerprint density at radius 2 is 2.05 bits per heavy atom. The van der Waals surface area contributed by atoms with Crippen molar-refractivity contribution in [3.63, 3.8) is 0 Å². The van der Waals surface area contributed by atoms with Crippen LogP contribution in [-0.4, -0.2) is 29.5 Å². The van der Waals surface area contributed by atoms with E-state index in [1.54, 1.807) is 0 Å². The fraction of sp³-hybridized carbons (Fsp3) is 0.538. The number of halogens is 5. The van der Waals surface area contributed by atoms with E-state index in [9.17, 15) is 18.0 Å². The van der Waals surface area contributed by atoms with Gasteiger partial charge in [-0.3, -0.25) is 9.78 Å². The van der Waals surface area contributed by atoms with Gasteiger partial charge in [-0.25, -0.2) is 0 Å². The van der Waals surface area contributed by atoms with Gasteiger partial charge in [0.25, 0.3) is 5.91 Å². The van der Waals surface area contributed by atoms with Crippen molar-refractivity contribution < 1.29 is 18.0 Å². The molecule has 0 aliphatic carbocycles. The van der Waals surface area contributed by atoms with Crippen LogP contribution >= 0.6 is 24.8 Å². The van der Waals surface area contributed by atoms with E-state index < -0.39 is 17.6 Å². The number of aromatic nitrogens is 1. The fourth-order valence-corrected chi connectivity index (χ4v) is 2.22. The lowest BCUT2D eigenvalue weighted by Gasteiger charge is -2.28. The zero-order chi connectivity index (χ0) is 14.8. The van der Waals surface area contributed by atoms with Crippen LogP contribution in [0.2, 0.25) is 0 Å². The summed E-state index contributed by atoms with van der Waals surface area (Å²) in [6.07, 6.45) is -2.16. The first-order chi connectivity index (χ1) is 9.36. The molecule has 2 unspecified atom stereocenters. The lowest BCUT2D eigenvalue weighted by atomic mass is 10.0. The second kappa shape index (κ2) is 8.55. The van der Waals surface area contributed by atoms with Crippen LogP contribution in [0.3, 0.4) is 0 Å². The van der Waals surface area contributed by atoms with Gasteiger partial charge < -0.3 is 10.6 Å². The fourth-order valence-electron chi connectivity index (χ4n) is 2.22. The number of amides is 1. The number of alkyl halides is 3. The summed E-state index contributed by atoms with van der Waals surface area (Å²) in [5, 5.41) is 6.06. The minimum atomic E-state index is -4.44. The molecule has 1 aliphatic heterocycles. The van der Waals surface area contributed by atoms with Gasteiger partial charge in [0.2, 0.25) is 0 Å². The molecule has 2 heterocycles. The van der Waals surface area contributed by atoms with Crippen molar-refractivity contribution in [2.75, 3.05) is 6.54 Å². The molecule has 2 N–H and O–H groups in total. The summed E-state index contributed by atoms with van der Waals surface area (Å²) >= 11 is 0. The number of carbonyl (C=O) groups excluding carboxylic acids is 1. The molecule has 2 atom stereocenters. The molecule has 2 rings (SSSR count). The van der Waals surface area contributed by atoms with Gasteiger partial charge in [-0.05, 0) is 38.4 Å². The smallest absolute Gasteiger partial charge is 0.348 e. The molecule has 0 bridgehead atoms. The molecule has 1 fully saturated rings. The largest absolute Gasteiger partial charge is 0.417 e. The van der Waals surface area contributed by atoms with Gasteiger partial charge in [-0.15, -0.1) is 24.8 Å². The Hall–Kier alpha value is -1.05. The first-order valence-corrected chi connectivity index (χ1v) is 6.44. The van der Waals surface area contributed by atoms with Gasteiger partial charge >= 0.3 is 6.18 Å². The van der Waals surface area contributed by atoms with Gasteiger partial charge in [-0.2, -0.15) is 13.2 Å². The summed E-state index contributed by atoms with van der Waals surface area (Å²) in [7, 11) is 0. The van der Waals surface area contributed by atoms with E-state index in [0.29, 0.717) is 12.2 Å². The normalized spacial score (nSPS) is 21.3. The van der Waals surface area contributed by atoms with Crippen molar-refractivity contribution in [2.45, 2.75) is 38.0 Å². The topological polar surface area (TPSA) is 54.0 Å². The van der Waals surface area contributed by atoms with Crippen LogP contribution < -0.4 is 10.6 Å². The third kappa shape index (κ3) is 5.62.